The van der Waals surface area contributed by atoms with Gasteiger partial charge in [0.1, 0.15) is 5.82 Å². The fraction of sp³-hybridized carbons (Fsp3) is 0.706. The van der Waals surface area contributed by atoms with Crippen molar-refractivity contribution in [3.63, 3.8) is 0 Å². The molecule has 0 aromatic carbocycles. The van der Waals surface area contributed by atoms with Gasteiger partial charge in [-0.1, -0.05) is 0 Å². The molecule has 0 saturated carbocycles. The van der Waals surface area contributed by atoms with Crippen molar-refractivity contribution in [1.82, 2.24) is 9.88 Å². The molecule has 2 fully saturated rings. The minimum atomic E-state index is -0.261. The predicted octanol–water partition coefficient (Wildman–Crippen LogP) is 2.94. The van der Waals surface area contributed by atoms with E-state index in [4.69, 9.17) is 9.47 Å². The number of aromatic nitrogens is 1. The molecule has 3 rings (SSSR count). The number of rotatable bonds is 5. The summed E-state index contributed by atoms with van der Waals surface area (Å²) in [5, 5.41) is 0. The van der Waals surface area contributed by atoms with Crippen LogP contribution in [-0.4, -0.2) is 49.0 Å². The summed E-state index contributed by atoms with van der Waals surface area (Å²) in [5.74, 6) is 0.197. The van der Waals surface area contributed by atoms with Crippen molar-refractivity contribution in [3.8, 4) is 0 Å². The normalized spacial score (nSPS) is 24.5. The number of nitrogens with zero attached hydrogens (tertiary/aromatic N) is 2. The van der Waals surface area contributed by atoms with Gasteiger partial charge in [0.05, 0.1) is 12.8 Å². The first-order valence-corrected chi connectivity index (χ1v) is 8.38. The number of halogens is 1. The summed E-state index contributed by atoms with van der Waals surface area (Å²) in [5.41, 5.74) is 1.02. The second-order valence-corrected chi connectivity index (χ2v) is 6.18. The largest absolute Gasteiger partial charge is 0.353 e. The van der Waals surface area contributed by atoms with E-state index in [1.807, 2.05) is 6.07 Å². The van der Waals surface area contributed by atoms with E-state index >= 15 is 0 Å². The zero-order chi connectivity index (χ0) is 15.2. The number of hydrogen-bond donors (Lipinski definition) is 0. The standard InChI is InChI=1S/C17H25FN2O2/c18-15-4-5-16(19-13-15)14-6-8-20(9-7-14)10-12-22-17-3-1-2-11-21-17/h4-5,13-14,17H,1-3,6-12H2. The van der Waals surface area contributed by atoms with Crippen molar-refractivity contribution in [2.45, 2.75) is 44.3 Å². The molecule has 2 saturated heterocycles. The van der Waals surface area contributed by atoms with Gasteiger partial charge in [-0.3, -0.25) is 4.98 Å². The van der Waals surface area contributed by atoms with Gasteiger partial charge in [0, 0.05) is 24.8 Å². The Balaban J connectivity index is 1.35. The van der Waals surface area contributed by atoms with Gasteiger partial charge in [-0.2, -0.15) is 0 Å². The monoisotopic (exact) mass is 308 g/mol. The van der Waals surface area contributed by atoms with Gasteiger partial charge in [0.25, 0.3) is 0 Å². The van der Waals surface area contributed by atoms with Crippen molar-refractivity contribution < 1.29 is 13.9 Å². The molecule has 3 heterocycles. The molecule has 1 aromatic rings. The maximum atomic E-state index is 12.9. The summed E-state index contributed by atoms with van der Waals surface area (Å²) in [6.45, 7) is 4.64. The molecule has 0 N–H and O–H groups in total. The van der Waals surface area contributed by atoms with Gasteiger partial charge in [-0.15, -0.1) is 0 Å². The molecule has 22 heavy (non-hydrogen) atoms. The maximum absolute atomic E-state index is 12.9. The van der Waals surface area contributed by atoms with Gasteiger partial charge in [0.15, 0.2) is 6.29 Å². The van der Waals surface area contributed by atoms with E-state index < -0.39 is 0 Å². The highest BCUT2D eigenvalue weighted by atomic mass is 19.1. The van der Waals surface area contributed by atoms with Gasteiger partial charge < -0.3 is 14.4 Å². The first kappa shape index (κ1) is 15.8. The summed E-state index contributed by atoms with van der Waals surface area (Å²) in [7, 11) is 0. The predicted molar refractivity (Wildman–Crippen MR) is 82.2 cm³/mol. The molecule has 0 radical (unpaired) electrons. The Labute approximate surface area is 131 Å². The number of hydrogen-bond acceptors (Lipinski definition) is 4. The second kappa shape index (κ2) is 7.99. The summed E-state index contributed by atoms with van der Waals surface area (Å²) in [4.78, 5) is 6.65. The smallest absolute Gasteiger partial charge is 0.157 e. The number of pyridine rings is 1. The fourth-order valence-corrected chi connectivity index (χ4v) is 3.24. The quantitative estimate of drug-likeness (QED) is 0.837. The van der Waals surface area contributed by atoms with Crippen LogP contribution in [0.5, 0.6) is 0 Å². The van der Waals surface area contributed by atoms with E-state index in [2.05, 4.69) is 9.88 Å². The summed E-state index contributed by atoms with van der Waals surface area (Å²) in [6, 6.07) is 3.33. The molecule has 122 valence electrons. The highest BCUT2D eigenvalue weighted by molar-refractivity contribution is 5.11. The summed E-state index contributed by atoms with van der Waals surface area (Å²) in [6.07, 6.45) is 6.88. The molecule has 5 heteroatoms. The Morgan fingerprint density at radius 2 is 2.09 bits per heavy atom. The molecule has 2 aliphatic heterocycles. The molecule has 4 nitrogen and oxygen atoms in total. The highest BCUT2D eigenvalue weighted by Crippen LogP contribution is 2.26. The van der Waals surface area contributed by atoms with Gasteiger partial charge >= 0.3 is 0 Å². The van der Waals surface area contributed by atoms with Crippen LogP contribution in [0.25, 0.3) is 0 Å². The van der Waals surface area contributed by atoms with Crippen LogP contribution in [0, 0.1) is 5.82 Å². The van der Waals surface area contributed by atoms with E-state index in [-0.39, 0.29) is 12.1 Å². The Morgan fingerprint density at radius 1 is 1.23 bits per heavy atom. The average molecular weight is 308 g/mol. The lowest BCUT2D eigenvalue weighted by molar-refractivity contribution is -0.164. The molecular weight excluding hydrogens is 283 g/mol. The van der Waals surface area contributed by atoms with E-state index in [1.165, 1.54) is 18.7 Å². The Morgan fingerprint density at radius 3 is 2.77 bits per heavy atom. The van der Waals surface area contributed by atoms with Gasteiger partial charge in [-0.25, -0.2) is 4.39 Å². The summed E-state index contributed by atoms with van der Waals surface area (Å²) >= 11 is 0. The van der Waals surface area contributed by atoms with E-state index in [0.29, 0.717) is 5.92 Å². The van der Waals surface area contributed by atoms with Crippen molar-refractivity contribution in [2.75, 3.05) is 32.8 Å². The maximum Gasteiger partial charge on any atom is 0.157 e. The molecule has 0 aliphatic carbocycles. The number of piperidine rings is 1. The highest BCUT2D eigenvalue weighted by Gasteiger charge is 2.22. The number of likely N-dealkylation sites (tertiary alicyclic amines) is 1. The van der Waals surface area contributed by atoms with Crippen LogP contribution in [0.2, 0.25) is 0 Å². The molecular formula is C17H25FN2O2. The lowest BCUT2D eigenvalue weighted by Gasteiger charge is -2.32. The first-order valence-electron chi connectivity index (χ1n) is 8.38. The molecule has 2 aliphatic rings. The van der Waals surface area contributed by atoms with Crippen LogP contribution < -0.4 is 0 Å². The minimum absolute atomic E-state index is 0.00899. The lowest BCUT2D eigenvalue weighted by atomic mass is 9.93. The number of ether oxygens (including phenoxy) is 2. The third-order valence-electron chi connectivity index (χ3n) is 4.61. The molecule has 0 amide bonds. The van der Waals surface area contributed by atoms with Crippen LogP contribution in [0.3, 0.4) is 0 Å². The summed E-state index contributed by atoms with van der Waals surface area (Å²) < 4.78 is 24.3. The van der Waals surface area contributed by atoms with Gasteiger partial charge in [-0.05, 0) is 57.3 Å². The minimum Gasteiger partial charge on any atom is -0.353 e. The van der Waals surface area contributed by atoms with Crippen LogP contribution in [0.1, 0.15) is 43.7 Å². The van der Waals surface area contributed by atoms with Crippen LogP contribution in [0.15, 0.2) is 18.3 Å². The topological polar surface area (TPSA) is 34.6 Å². The average Bonchev–Trinajstić information content (AvgIpc) is 2.57. The van der Waals surface area contributed by atoms with Crippen LogP contribution >= 0.6 is 0 Å². The Kier molecular flexibility index (Phi) is 5.76. The fourth-order valence-electron chi connectivity index (χ4n) is 3.24. The van der Waals surface area contributed by atoms with Crippen LogP contribution in [-0.2, 0) is 9.47 Å². The Hall–Kier alpha value is -1.04. The zero-order valence-corrected chi connectivity index (χ0v) is 13.0. The van der Waals surface area contributed by atoms with Crippen molar-refractivity contribution in [3.05, 3.63) is 29.8 Å². The first-order chi connectivity index (χ1) is 10.8. The van der Waals surface area contributed by atoms with Crippen molar-refractivity contribution in [2.24, 2.45) is 0 Å². The third-order valence-corrected chi connectivity index (χ3v) is 4.61. The SMILES string of the molecule is Fc1ccc(C2CCN(CCOC3CCCCO3)CC2)nc1. The van der Waals surface area contributed by atoms with Crippen LogP contribution in [0.4, 0.5) is 4.39 Å². The molecule has 1 unspecified atom stereocenters. The molecule has 0 bridgehead atoms. The molecule has 1 aromatic heterocycles. The lowest BCUT2D eigenvalue weighted by Crippen LogP contribution is -2.36. The van der Waals surface area contributed by atoms with E-state index in [0.717, 1.165) is 64.2 Å². The van der Waals surface area contributed by atoms with Crippen molar-refractivity contribution >= 4 is 0 Å². The third kappa shape index (κ3) is 4.48. The molecule has 1 atom stereocenters. The zero-order valence-electron chi connectivity index (χ0n) is 13.0. The Bertz CT molecular complexity index is 440. The van der Waals surface area contributed by atoms with Crippen molar-refractivity contribution in [1.29, 1.82) is 0 Å². The van der Waals surface area contributed by atoms with Gasteiger partial charge in [0.2, 0.25) is 0 Å². The molecule has 0 spiro atoms. The van der Waals surface area contributed by atoms with E-state index in [1.54, 1.807) is 0 Å². The second-order valence-electron chi connectivity index (χ2n) is 6.18. The van der Waals surface area contributed by atoms with E-state index in [9.17, 15) is 4.39 Å².